The molecule has 1 saturated heterocycles. The van der Waals surface area contributed by atoms with Gasteiger partial charge in [-0.1, -0.05) is 15.9 Å². The summed E-state index contributed by atoms with van der Waals surface area (Å²) in [4.78, 5) is 3.42. The Bertz CT molecular complexity index is 257. The monoisotopic (exact) mass is 377 g/mol. The maximum absolute atomic E-state index is 10.3. The second-order valence-electron chi connectivity index (χ2n) is 5.11. The first-order valence-electron chi connectivity index (χ1n) is 6.60. The van der Waals surface area contributed by atoms with Crippen molar-refractivity contribution in [3.63, 3.8) is 0 Å². The molecule has 20 heavy (non-hydrogen) atoms. The fraction of sp³-hybridized carbons (Fsp3) is 0.375. The number of nitrogens with zero attached hydrogens (tertiary/aromatic N) is 1. The zero-order chi connectivity index (χ0) is 13.7. The molecule has 1 N–H and O–H groups in total. The number of halogens is 1. The Hall–Kier alpha value is 0.919. The quantitative estimate of drug-likeness (QED) is 0.710. The van der Waals surface area contributed by atoms with E-state index in [1.54, 1.807) is 0 Å². The summed E-state index contributed by atoms with van der Waals surface area (Å²) in [6.07, 6.45) is 17.7. The zero-order valence-corrected chi connectivity index (χ0v) is 14.3. The van der Waals surface area contributed by atoms with E-state index >= 15 is 0 Å². The SMILES string of the molecule is Br[C]1[CH][CH][CH][CH]1.CN1CCC(O)([C]2[CH][CH][CH][CH]2)CC1.[Fe+2]. The van der Waals surface area contributed by atoms with Crippen LogP contribution in [-0.4, -0.2) is 35.7 Å². The summed E-state index contributed by atoms with van der Waals surface area (Å²) >= 11 is 3.28. The van der Waals surface area contributed by atoms with Gasteiger partial charge in [0.2, 0.25) is 0 Å². The van der Waals surface area contributed by atoms with E-state index in [2.05, 4.69) is 27.9 Å². The van der Waals surface area contributed by atoms with Crippen molar-refractivity contribution in [3.8, 4) is 0 Å². The molecule has 2 aliphatic carbocycles. The van der Waals surface area contributed by atoms with Crippen LogP contribution in [0.25, 0.3) is 0 Å². The standard InChI is InChI=1S/C11H16NO.C5H4Br.Fe/c1-12-8-6-11(13,7-9-12)10-4-2-3-5-10;6-5-3-1-2-4-5;/h2-5,13H,6-9H2,1H3;1-4H;/q;;+2. The fourth-order valence-electron chi connectivity index (χ4n) is 2.31. The molecule has 1 aliphatic heterocycles. The van der Waals surface area contributed by atoms with Crippen molar-refractivity contribution in [1.29, 1.82) is 0 Å². The molecule has 0 amide bonds. The van der Waals surface area contributed by atoms with Gasteiger partial charge in [-0.3, -0.25) is 0 Å². The largest absolute Gasteiger partial charge is 2.00 e. The van der Waals surface area contributed by atoms with Gasteiger partial charge in [-0.2, -0.15) is 0 Å². The van der Waals surface area contributed by atoms with Crippen molar-refractivity contribution in [3.05, 3.63) is 62.1 Å². The molecule has 0 aromatic heterocycles. The third-order valence-electron chi connectivity index (χ3n) is 3.64. The first-order valence-corrected chi connectivity index (χ1v) is 7.40. The van der Waals surface area contributed by atoms with Gasteiger partial charge in [0, 0.05) is 23.8 Å². The van der Waals surface area contributed by atoms with E-state index in [1.165, 1.54) is 0 Å². The number of piperidine rings is 1. The van der Waals surface area contributed by atoms with Gasteiger partial charge in [-0.25, -0.2) is 0 Å². The molecule has 0 aromatic carbocycles. The molecule has 10 radical (unpaired) electrons. The molecule has 2 nitrogen and oxygen atoms in total. The fourth-order valence-corrected chi connectivity index (χ4v) is 2.62. The van der Waals surface area contributed by atoms with E-state index in [9.17, 15) is 5.11 Å². The van der Waals surface area contributed by atoms with Gasteiger partial charge >= 0.3 is 17.1 Å². The molecule has 108 valence electrons. The van der Waals surface area contributed by atoms with E-state index in [0.717, 1.165) is 36.7 Å². The predicted molar refractivity (Wildman–Crippen MR) is 81.5 cm³/mol. The summed E-state index contributed by atoms with van der Waals surface area (Å²) in [7, 11) is 2.10. The molecular weight excluding hydrogens is 358 g/mol. The van der Waals surface area contributed by atoms with Gasteiger partial charge < -0.3 is 10.0 Å². The van der Waals surface area contributed by atoms with E-state index in [1.807, 2.05) is 51.4 Å². The van der Waals surface area contributed by atoms with Crippen molar-refractivity contribution in [1.82, 2.24) is 4.90 Å². The molecule has 3 fully saturated rings. The number of aliphatic hydroxyl groups is 1. The molecule has 4 heteroatoms. The summed E-state index contributed by atoms with van der Waals surface area (Å²) < 4.78 is 0. The summed E-state index contributed by atoms with van der Waals surface area (Å²) in [5.74, 6) is 1.08. The topological polar surface area (TPSA) is 23.5 Å². The van der Waals surface area contributed by atoms with Crippen LogP contribution in [-0.2, 0) is 17.1 Å². The maximum atomic E-state index is 10.3. The first kappa shape index (κ1) is 19.0. The van der Waals surface area contributed by atoms with Crippen molar-refractivity contribution in [2.24, 2.45) is 0 Å². The summed E-state index contributed by atoms with van der Waals surface area (Å²) in [5, 5.41) is 10.3. The third-order valence-corrected chi connectivity index (χ3v) is 4.16. The van der Waals surface area contributed by atoms with Gasteiger partial charge in [0.05, 0.1) is 5.60 Å². The van der Waals surface area contributed by atoms with Crippen LogP contribution in [0, 0.1) is 62.1 Å². The van der Waals surface area contributed by atoms with E-state index in [-0.39, 0.29) is 17.1 Å². The second kappa shape index (κ2) is 9.15. The molecule has 2 saturated carbocycles. The molecule has 3 aliphatic rings. The first-order chi connectivity index (χ1) is 9.10. The van der Waals surface area contributed by atoms with E-state index in [4.69, 9.17) is 0 Å². The number of likely N-dealkylation sites (tertiary alicyclic amines) is 1. The number of hydrogen-bond donors (Lipinski definition) is 1. The van der Waals surface area contributed by atoms with Crippen LogP contribution in [0.15, 0.2) is 0 Å². The average molecular weight is 378 g/mol. The molecule has 0 unspecified atom stereocenters. The van der Waals surface area contributed by atoms with Crippen LogP contribution in [0.5, 0.6) is 0 Å². The average Bonchev–Trinajstić information content (AvgIpc) is 3.07. The van der Waals surface area contributed by atoms with Gasteiger partial charge in [0.15, 0.2) is 0 Å². The van der Waals surface area contributed by atoms with Crippen molar-refractivity contribution < 1.29 is 22.2 Å². The normalized spacial score (nSPS) is 27.8. The molecule has 0 spiro atoms. The van der Waals surface area contributed by atoms with Gasteiger partial charge in [0.1, 0.15) is 0 Å². The smallest absolute Gasteiger partial charge is 0.389 e. The molecule has 0 aromatic rings. The predicted octanol–water partition coefficient (Wildman–Crippen LogP) is 2.59. The minimum absolute atomic E-state index is 0. The number of rotatable bonds is 1. The zero-order valence-electron chi connectivity index (χ0n) is 11.6. The van der Waals surface area contributed by atoms with Gasteiger partial charge in [-0.15, -0.1) is 0 Å². The van der Waals surface area contributed by atoms with Crippen LogP contribution >= 0.6 is 15.9 Å². The van der Waals surface area contributed by atoms with Crippen molar-refractivity contribution in [2.75, 3.05) is 20.1 Å². The summed E-state index contributed by atoms with van der Waals surface area (Å²) in [5.41, 5.74) is -0.560. The Morgan fingerprint density at radius 3 is 1.85 bits per heavy atom. The van der Waals surface area contributed by atoms with Crippen LogP contribution in [0.3, 0.4) is 0 Å². The second-order valence-corrected chi connectivity index (χ2v) is 6.03. The van der Waals surface area contributed by atoms with Crippen molar-refractivity contribution in [2.45, 2.75) is 18.4 Å². The van der Waals surface area contributed by atoms with Crippen molar-refractivity contribution >= 4 is 15.9 Å². The molecular formula is C16H20BrFeNO+2. The van der Waals surface area contributed by atoms with E-state index in [0.29, 0.717) is 0 Å². The summed E-state index contributed by atoms with van der Waals surface area (Å²) in [6, 6.07) is 0. The Labute approximate surface area is 143 Å². The third kappa shape index (κ3) is 5.61. The molecule has 0 bridgehead atoms. The Morgan fingerprint density at radius 1 is 1.00 bits per heavy atom. The minimum atomic E-state index is -0.560. The van der Waals surface area contributed by atoms with Gasteiger partial charge in [-0.05, 0) is 71.3 Å². The Morgan fingerprint density at radius 2 is 1.45 bits per heavy atom. The van der Waals surface area contributed by atoms with Gasteiger partial charge in [0.25, 0.3) is 0 Å². The minimum Gasteiger partial charge on any atom is -0.389 e. The van der Waals surface area contributed by atoms with Crippen LogP contribution in [0.1, 0.15) is 12.8 Å². The van der Waals surface area contributed by atoms with E-state index < -0.39 is 5.60 Å². The summed E-state index contributed by atoms with van der Waals surface area (Å²) in [6.45, 7) is 1.98. The van der Waals surface area contributed by atoms with Crippen LogP contribution in [0.2, 0.25) is 0 Å². The van der Waals surface area contributed by atoms with Crippen LogP contribution < -0.4 is 0 Å². The molecule has 3 rings (SSSR count). The maximum Gasteiger partial charge on any atom is 2.00 e. The molecule has 1 heterocycles. The number of hydrogen-bond acceptors (Lipinski definition) is 2. The Kier molecular flexibility index (Phi) is 8.67. The van der Waals surface area contributed by atoms with Crippen LogP contribution in [0.4, 0.5) is 0 Å². The molecule has 0 atom stereocenters. The Balaban J connectivity index is 0.000000243.